The summed E-state index contributed by atoms with van der Waals surface area (Å²) in [7, 11) is 1.69. The van der Waals surface area contributed by atoms with E-state index in [1.165, 1.54) is 13.8 Å². The normalized spacial score (nSPS) is 10.4. The minimum absolute atomic E-state index is 0.249. The quantitative estimate of drug-likeness (QED) is 0.659. The van der Waals surface area contributed by atoms with Crippen molar-refractivity contribution in [1.29, 1.82) is 0 Å². The number of nitrogens with zero attached hydrogens (tertiary/aromatic N) is 3. The molecule has 0 radical (unpaired) electrons. The van der Waals surface area contributed by atoms with Gasteiger partial charge in [0.25, 0.3) is 5.91 Å². The number of aromatic nitrogens is 2. The first kappa shape index (κ1) is 20.8. The minimum Gasteiger partial charge on any atom is -0.337 e. The molecule has 0 aliphatic carbocycles. The van der Waals surface area contributed by atoms with Gasteiger partial charge in [-0.3, -0.25) is 14.4 Å². The van der Waals surface area contributed by atoms with Crippen LogP contribution in [0, 0.1) is 0 Å². The highest BCUT2D eigenvalue weighted by Gasteiger charge is 2.16. The van der Waals surface area contributed by atoms with Crippen molar-refractivity contribution in [3.8, 4) is 5.69 Å². The maximum absolute atomic E-state index is 13.0. The van der Waals surface area contributed by atoms with Crippen LogP contribution in [-0.4, -0.2) is 39.4 Å². The molecule has 8 heteroatoms. The summed E-state index contributed by atoms with van der Waals surface area (Å²) >= 11 is 0. The largest absolute Gasteiger partial charge is 0.337 e. The molecule has 154 valence electrons. The van der Waals surface area contributed by atoms with Crippen LogP contribution in [0.4, 0.5) is 11.4 Å². The summed E-state index contributed by atoms with van der Waals surface area (Å²) in [5, 5.41) is 9.65. The molecule has 2 aromatic carbocycles. The molecule has 3 aromatic rings. The molecule has 0 aliphatic heterocycles. The monoisotopic (exact) mass is 405 g/mol. The Labute approximate surface area is 174 Å². The Morgan fingerprint density at radius 2 is 1.57 bits per heavy atom. The van der Waals surface area contributed by atoms with Gasteiger partial charge in [-0.25, -0.2) is 4.68 Å². The third-order valence-corrected chi connectivity index (χ3v) is 4.24. The van der Waals surface area contributed by atoms with Gasteiger partial charge in [0.15, 0.2) is 0 Å². The molecule has 1 heterocycles. The maximum Gasteiger partial charge on any atom is 0.254 e. The number of hydrogen-bond acceptors (Lipinski definition) is 4. The third kappa shape index (κ3) is 5.32. The fourth-order valence-electron chi connectivity index (χ4n) is 3.03. The Balaban J connectivity index is 1.79. The second kappa shape index (κ2) is 9.04. The number of carbonyl (C=O) groups excluding carboxylic acids is 3. The van der Waals surface area contributed by atoms with Crippen molar-refractivity contribution in [1.82, 2.24) is 14.7 Å². The number of rotatable bonds is 6. The van der Waals surface area contributed by atoms with E-state index in [1.54, 1.807) is 41.0 Å². The smallest absolute Gasteiger partial charge is 0.254 e. The summed E-state index contributed by atoms with van der Waals surface area (Å²) in [5.74, 6) is -0.786. The minimum atomic E-state index is -0.268. The van der Waals surface area contributed by atoms with Crippen LogP contribution in [0.3, 0.4) is 0 Å². The SMILES string of the molecule is CC(=O)Nc1cc(NC(C)=O)cc(C(=O)N(C)Cc2cnn(-c3ccccc3)c2)c1. The first-order chi connectivity index (χ1) is 14.3. The van der Waals surface area contributed by atoms with E-state index in [2.05, 4.69) is 15.7 Å². The Kier molecular flexibility index (Phi) is 6.26. The molecule has 0 saturated carbocycles. The van der Waals surface area contributed by atoms with E-state index in [1.807, 2.05) is 36.5 Å². The lowest BCUT2D eigenvalue weighted by atomic mass is 10.1. The average Bonchev–Trinajstić information content (AvgIpc) is 3.15. The molecule has 1 aromatic heterocycles. The molecule has 0 saturated heterocycles. The van der Waals surface area contributed by atoms with Gasteiger partial charge in [0, 0.05) is 56.1 Å². The molecule has 0 spiro atoms. The van der Waals surface area contributed by atoms with Crippen LogP contribution in [-0.2, 0) is 16.1 Å². The number of carbonyl (C=O) groups is 3. The van der Waals surface area contributed by atoms with Crippen LogP contribution < -0.4 is 10.6 Å². The van der Waals surface area contributed by atoms with Crippen molar-refractivity contribution in [3.05, 3.63) is 72.1 Å². The first-order valence-electron chi connectivity index (χ1n) is 9.36. The first-order valence-corrected chi connectivity index (χ1v) is 9.36. The zero-order valence-electron chi connectivity index (χ0n) is 17.0. The summed E-state index contributed by atoms with van der Waals surface area (Å²) < 4.78 is 1.75. The highest BCUT2D eigenvalue weighted by molar-refractivity contribution is 5.99. The molecule has 0 bridgehead atoms. The summed E-state index contributed by atoms with van der Waals surface area (Å²) in [6.07, 6.45) is 3.59. The fraction of sp³-hybridized carbons (Fsp3) is 0.182. The van der Waals surface area contributed by atoms with Gasteiger partial charge >= 0.3 is 0 Å². The second-order valence-electron chi connectivity index (χ2n) is 6.95. The number of para-hydroxylation sites is 1. The second-order valence-corrected chi connectivity index (χ2v) is 6.95. The fourth-order valence-corrected chi connectivity index (χ4v) is 3.03. The third-order valence-electron chi connectivity index (χ3n) is 4.24. The number of amides is 3. The Hall–Kier alpha value is -3.94. The van der Waals surface area contributed by atoms with Crippen molar-refractivity contribution in [2.45, 2.75) is 20.4 Å². The average molecular weight is 405 g/mol. The topological polar surface area (TPSA) is 96.3 Å². The zero-order chi connectivity index (χ0) is 21.7. The van der Waals surface area contributed by atoms with Crippen molar-refractivity contribution in [3.63, 3.8) is 0 Å². The summed E-state index contributed by atoms with van der Waals surface area (Å²) in [4.78, 5) is 37.4. The number of nitrogens with one attached hydrogen (secondary N) is 2. The molecular weight excluding hydrogens is 382 g/mol. The number of benzene rings is 2. The van der Waals surface area contributed by atoms with Crippen LogP contribution >= 0.6 is 0 Å². The van der Waals surface area contributed by atoms with E-state index in [4.69, 9.17) is 0 Å². The lowest BCUT2D eigenvalue weighted by molar-refractivity contribution is -0.115. The lowest BCUT2D eigenvalue weighted by Gasteiger charge is -2.18. The summed E-state index contributed by atoms with van der Waals surface area (Å²) in [5.41, 5.74) is 3.02. The molecule has 0 fully saturated rings. The number of hydrogen-bond donors (Lipinski definition) is 2. The molecular formula is C22H23N5O3. The number of anilines is 2. The van der Waals surface area contributed by atoms with Gasteiger partial charge < -0.3 is 15.5 Å². The van der Waals surface area contributed by atoms with Crippen molar-refractivity contribution >= 4 is 29.1 Å². The van der Waals surface area contributed by atoms with Crippen LogP contribution in [0.15, 0.2) is 60.9 Å². The Bertz CT molecular complexity index is 1040. The maximum atomic E-state index is 13.0. The van der Waals surface area contributed by atoms with Crippen LogP contribution in [0.2, 0.25) is 0 Å². The predicted molar refractivity (Wildman–Crippen MR) is 114 cm³/mol. The van der Waals surface area contributed by atoms with Gasteiger partial charge in [-0.2, -0.15) is 5.10 Å². The van der Waals surface area contributed by atoms with Gasteiger partial charge in [-0.15, -0.1) is 0 Å². The van der Waals surface area contributed by atoms with E-state index >= 15 is 0 Å². The molecule has 3 amide bonds. The molecule has 0 aliphatic rings. The van der Waals surface area contributed by atoms with E-state index in [9.17, 15) is 14.4 Å². The standard InChI is InChI=1S/C22H23N5O3/c1-15(28)24-19-9-18(10-20(11-19)25-16(2)29)22(30)26(3)13-17-12-23-27(14-17)21-7-5-4-6-8-21/h4-12,14H,13H2,1-3H3,(H,24,28)(H,25,29). The van der Waals surface area contributed by atoms with Gasteiger partial charge in [0.05, 0.1) is 11.9 Å². The summed E-state index contributed by atoms with van der Waals surface area (Å²) in [6, 6.07) is 14.5. The molecule has 0 atom stereocenters. The van der Waals surface area contributed by atoms with Crippen molar-refractivity contribution in [2.24, 2.45) is 0 Å². The van der Waals surface area contributed by atoms with Gasteiger partial charge in [-0.1, -0.05) is 18.2 Å². The van der Waals surface area contributed by atoms with Crippen molar-refractivity contribution in [2.75, 3.05) is 17.7 Å². The van der Waals surface area contributed by atoms with Gasteiger partial charge in [0.2, 0.25) is 11.8 Å². The van der Waals surface area contributed by atoms with E-state index < -0.39 is 0 Å². The van der Waals surface area contributed by atoms with Crippen LogP contribution in [0.1, 0.15) is 29.8 Å². The van der Waals surface area contributed by atoms with E-state index in [-0.39, 0.29) is 17.7 Å². The highest BCUT2D eigenvalue weighted by atomic mass is 16.2. The van der Waals surface area contributed by atoms with E-state index in [0.29, 0.717) is 23.5 Å². The Morgan fingerprint density at radius 3 is 2.13 bits per heavy atom. The van der Waals surface area contributed by atoms with Gasteiger partial charge in [0.1, 0.15) is 0 Å². The van der Waals surface area contributed by atoms with Gasteiger partial charge in [-0.05, 0) is 30.3 Å². The molecule has 8 nitrogen and oxygen atoms in total. The van der Waals surface area contributed by atoms with E-state index in [0.717, 1.165) is 11.3 Å². The molecule has 30 heavy (non-hydrogen) atoms. The molecule has 0 unspecified atom stereocenters. The van der Waals surface area contributed by atoms with Crippen molar-refractivity contribution < 1.29 is 14.4 Å². The lowest BCUT2D eigenvalue weighted by Crippen LogP contribution is -2.26. The zero-order valence-corrected chi connectivity index (χ0v) is 17.0. The molecule has 2 N–H and O–H groups in total. The van der Waals surface area contributed by atoms with Crippen LogP contribution in [0.5, 0.6) is 0 Å². The summed E-state index contributed by atoms with van der Waals surface area (Å²) in [6.45, 7) is 3.11. The highest BCUT2D eigenvalue weighted by Crippen LogP contribution is 2.21. The predicted octanol–water partition coefficient (Wildman–Crippen LogP) is 3.06. The molecule has 3 rings (SSSR count). The Morgan fingerprint density at radius 1 is 0.967 bits per heavy atom. The van der Waals surface area contributed by atoms with Crippen LogP contribution in [0.25, 0.3) is 5.69 Å².